The number of aromatic nitrogens is 1. The van der Waals surface area contributed by atoms with E-state index in [0.717, 1.165) is 48.2 Å². The summed E-state index contributed by atoms with van der Waals surface area (Å²) < 4.78 is 0. The highest BCUT2D eigenvalue weighted by Crippen LogP contribution is 2.22. The number of nitrogens with one attached hydrogen (secondary N) is 3. The van der Waals surface area contributed by atoms with Gasteiger partial charge >= 0.3 is 11.8 Å². The molecule has 1 unspecified atom stereocenters. The summed E-state index contributed by atoms with van der Waals surface area (Å²) in [6, 6.07) is 16.5. The van der Waals surface area contributed by atoms with Crippen LogP contribution in [0.3, 0.4) is 0 Å². The van der Waals surface area contributed by atoms with Crippen LogP contribution in [0.4, 0.5) is 0 Å². The molecule has 1 aromatic heterocycles. The highest BCUT2D eigenvalue weighted by Gasteiger charge is 2.25. The van der Waals surface area contributed by atoms with E-state index < -0.39 is 11.8 Å². The number of piperazine rings is 1. The first-order valence-electron chi connectivity index (χ1n) is 11.6. The Morgan fingerprint density at radius 1 is 0.970 bits per heavy atom. The van der Waals surface area contributed by atoms with Gasteiger partial charge in [0, 0.05) is 56.4 Å². The highest BCUT2D eigenvalue weighted by molar-refractivity contribution is 6.35. The van der Waals surface area contributed by atoms with Crippen LogP contribution in [0.15, 0.2) is 54.7 Å². The van der Waals surface area contributed by atoms with Crippen molar-refractivity contribution in [1.82, 2.24) is 25.4 Å². The summed E-state index contributed by atoms with van der Waals surface area (Å²) >= 11 is 0. The first-order valence-corrected chi connectivity index (χ1v) is 11.6. The molecule has 2 amide bonds. The van der Waals surface area contributed by atoms with Crippen LogP contribution in [-0.2, 0) is 16.0 Å². The molecule has 4 rings (SSSR count). The number of amides is 2. The van der Waals surface area contributed by atoms with Crippen molar-refractivity contribution in [2.45, 2.75) is 19.4 Å². The van der Waals surface area contributed by atoms with Crippen molar-refractivity contribution < 1.29 is 9.59 Å². The molecule has 0 radical (unpaired) electrons. The van der Waals surface area contributed by atoms with Crippen LogP contribution in [0.25, 0.3) is 10.9 Å². The molecule has 2 heterocycles. The Balaban J connectivity index is 1.31. The average molecular weight is 448 g/mol. The van der Waals surface area contributed by atoms with E-state index in [1.54, 1.807) is 0 Å². The van der Waals surface area contributed by atoms with E-state index in [-0.39, 0.29) is 6.04 Å². The molecule has 1 fully saturated rings. The van der Waals surface area contributed by atoms with Gasteiger partial charge in [0.2, 0.25) is 0 Å². The summed E-state index contributed by atoms with van der Waals surface area (Å²) in [6.45, 7) is 6.73. The van der Waals surface area contributed by atoms with E-state index in [1.165, 1.54) is 5.56 Å². The Morgan fingerprint density at radius 2 is 1.67 bits per heavy atom. The number of rotatable bonds is 7. The number of hydrogen-bond acceptors (Lipinski definition) is 4. The maximum Gasteiger partial charge on any atom is 0.309 e. The van der Waals surface area contributed by atoms with E-state index in [4.69, 9.17) is 0 Å². The third kappa shape index (κ3) is 5.80. The third-order valence-electron chi connectivity index (χ3n) is 6.46. The van der Waals surface area contributed by atoms with Crippen molar-refractivity contribution in [1.29, 1.82) is 0 Å². The molecule has 3 N–H and O–H groups in total. The van der Waals surface area contributed by atoms with Gasteiger partial charge in [0.05, 0.1) is 6.04 Å². The minimum absolute atomic E-state index is 0.0438. The summed E-state index contributed by atoms with van der Waals surface area (Å²) in [4.78, 5) is 32.8. The Labute approximate surface area is 195 Å². The van der Waals surface area contributed by atoms with Gasteiger partial charge in [-0.2, -0.15) is 0 Å². The monoisotopic (exact) mass is 447 g/mol. The van der Waals surface area contributed by atoms with Gasteiger partial charge in [0.1, 0.15) is 0 Å². The van der Waals surface area contributed by atoms with Gasteiger partial charge in [-0.1, -0.05) is 48.0 Å². The van der Waals surface area contributed by atoms with E-state index in [9.17, 15) is 9.59 Å². The fraction of sp³-hybridized carbons (Fsp3) is 0.385. The molecule has 1 saturated heterocycles. The Morgan fingerprint density at radius 3 is 2.42 bits per heavy atom. The summed E-state index contributed by atoms with van der Waals surface area (Å²) in [7, 11) is 2.13. The predicted molar refractivity (Wildman–Crippen MR) is 131 cm³/mol. The second-order valence-corrected chi connectivity index (χ2v) is 8.84. The molecule has 0 saturated carbocycles. The molecule has 3 aromatic rings. The van der Waals surface area contributed by atoms with E-state index in [0.29, 0.717) is 19.5 Å². The van der Waals surface area contributed by atoms with Gasteiger partial charge in [0.15, 0.2) is 0 Å². The van der Waals surface area contributed by atoms with Crippen LogP contribution in [0.5, 0.6) is 0 Å². The predicted octanol–water partition coefficient (Wildman–Crippen LogP) is 2.24. The summed E-state index contributed by atoms with van der Waals surface area (Å²) in [5, 5.41) is 6.76. The van der Waals surface area contributed by atoms with Crippen molar-refractivity contribution in [3.05, 3.63) is 71.4 Å². The number of aromatic amines is 1. The number of aryl methyl sites for hydroxylation is 1. The van der Waals surface area contributed by atoms with Gasteiger partial charge in [0.25, 0.3) is 0 Å². The molecular weight excluding hydrogens is 414 g/mol. The first kappa shape index (κ1) is 23.0. The second kappa shape index (κ2) is 10.6. The van der Waals surface area contributed by atoms with Gasteiger partial charge in [-0.3, -0.25) is 14.5 Å². The number of likely N-dealkylation sites (N-methyl/N-ethyl adjacent to an activating group) is 1. The van der Waals surface area contributed by atoms with Crippen molar-refractivity contribution in [3.63, 3.8) is 0 Å². The molecular formula is C26H33N5O2. The van der Waals surface area contributed by atoms with Gasteiger partial charge in [-0.15, -0.1) is 0 Å². The van der Waals surface area contributed by atoms with Crippen LogP contribution in [0.2, 0.25) is 0 Å². The van der Waals surface area contributed by atoms with E-state index >= 15 is 0 Å². The lowest BCUT2D eigenvalue weighted by Crippen LogP contribution is -2.49. The number of hydrogen-bond donors (Lipinski definition) is 3. The van der Waals surface area contributed by atoms with E-state index in [1.807, 2.05) is 24.4 Å². The Hall–Kier alpha value is -3.16. The minimum Gasteiger partial charge on any atom is -0.361 e. The molecule has 33 heavy (non-hydrogen) atoms. The number of fused-ring (bicyclic) bond motifs is 1. The lowest BCUT2D eigenvalue weighted by atomic mass is 10.0. The van der Waals surface area contributed by atoms with Crippen LogP contribution >= 0.6 is 0 Å². The van der Waals surface area contributed by atoms with Crippen molar-refractivity contribution >= 4 is 22.7 Å². The van der Waals surface area contributed by atoms with Gasteiger partial charge in [-0.25, -0.2) is 0 Å². The summed E-state index contributed by atoms with van der Waals surface area (Å²) in [5.74, 6) is -1.17. The van der Waals surface area contributed by atoms with Crippen LogP contribution in [-0.4, -0.2) is 72.9 Å². The zero-order valence-electron chi connectivity index (χ0n) is 19.4. The average Bonchev–Trinajstić information content (AvgIpc) is 3.24. The topological polar surface area (TPSA) is 80.5 Å². The van der Waals surface area contributed by atoms with Crippen LogP contribution in [0, 0.1) is 6.92 Å². The normalized spacial score (nSPS) is 15.9. The largest absolute Gasteiger partial charge is 0.361 e. The quantitative estimate of drug-likeness (QED) is 0.486. The van der Waals surface area contributed by atoms with Crippen molar-refractivity contribution in [3.8, 4) is 0 Å². The fourth-order valence-electron chi connectivity index (χ4n) is 4.38. The third-order valence-corrected chi connectivity index (χ3v) is 6.46. The molecule has 1 aliphatic rings. The molecule has 2 aromatic carbocycles. The van der Waals surface area contributed by atoms with Crippen molar-refractivity contribution in [2.24, 2.45) is 0 Å². The maximum atomic E-state index is 12.5. The number of para-hydroxylation sites is 1. The molecule has 0 aliphatic carbocycles. The van der Waals surface area contributed by atoms with E-state index in [2.05, 4.69) is 69.7 Å². The number of carbonyl (C=O) groups is 2. The molecule has 7 nitrogen and oxygen atoms in total. The number of nitrogens with zero attached hydrogens (tertiary/aromatic N) is 2. The second-order valence-electron chi connectivity index (χ2n) is 8.84. The number of H-pyrrole nitrogens is 1. The van der Waals surface area contributed by atoms with Crippen LogP contribution < -0.4 is 10.6 Å². The zero-order chi connectivity index (χ0) is 23.2. The van der Waals surface area contributed by atoms with Gasteiger partial charge < -0.3 is 20.5 Å². The van der Waals surface area contributed by atoms with Crippen molar-refractivity contribution in [2.75, 3.05) is 46.3 Å². The Bertz CT molecular complexity index is 1080. The molecule has 174 valence electrons. The molecule has 0 bridgehead atoms. The summed E-state index contributed by atoms with van der Waals surface area (Å²) in [6.07, 6.45) is 2.62. The maximum absolute atomic E-state index is 12.5. The first-order chi connectivity index (χ1) is 16.0. The molecule has 1 atom stereocenters. The smallest absolute Gasteiger partial charge is 0.309 e. The standard InChI is InChI=1S/C26H33N5O2/c1-19-7-9-20(10-8-19)24(31-15-13-30(2)14-16-31)18-29-26(33)25(32)27-12-11-21-17-28-23-6-4-3-5-22(21)23/h3-10,17,24,28H,11-16,18H2,1-2H3,(H,27,32)(H,29,33). The minimum atomic E-state index is -0.587. The number of benzene rings is 2. The molecule has 1 aliphatic heterocycles. The molecule has 7 heteroatoms. The summed E-state index contributed by atoms with van der Waals surface area (Å²) in [5.41, 5.74) is 4.56. The number of carbonyl (C=O) groups excluding carboxylic acids is 2. The van der Waals surface area contributed by atoms with Gasteiger partial charge in [-0.05, 0) is 37.6 Å². The molecule has 0 spiro atoms. The highest BCUT2D eigenvalue weighted by atomic mass is 16.2. The SMILES string of the molecule is Cc1ccc(C(CNC(=O)C(=O)NCCc2c[nH]c3ccccc23)N2CCN(C)CC2)cc1. The lowest BCUT2D eigenvalue weighted by molar-refractivity contribution is -0.139. The lowest BCUT2D eigenvalue weighted by Gasteiger charge is -2.38. The van der Waals surface area contributed by atoms with Crippen LogP contribution in [0.1, 0.15) is 22.7 Å². The zero-order valence-corrected chi connectivity index (χ0v) is 19.4. The fourth-order valence-corrected chi connectivity index (χ4v) is 4.38. The Kier molecular flexibility index (Phi) is 7.42.